The number of ether oxygens (including phenoxy) is 2. The van der Waals surface area contributed by atoms with Crippen LogP contribution >= 0.6 is 34.4 Å². The zero-order valence-corrected chi connectivity index (χ0v) is 18.8. The van der Waals surface area contributed by atoms with E-state index >= 15 is 0 Å². The second-order valence-electron chi connectivity index (χ2n) is 5.90. The molecule has 0 radical (unpaired) electrons. The van der Waals surface area contributed by atoms with E-state index in [9.17, 15) is 10.1 Å². The molecule has 0 saturated carbocycles. The van der Waals surface area contributed by atoms with Gasteiger partial charge in [0.25, 0.3) is 5.56 Å². The third kappa shape index (κ3) is 4.92. The van der Waals surface area contributed by atoms with Crippen LogP contribution in [0.25, 0.3) is 11.3 Å². The summed E-state index contributed by atoms with van der Waals surface area (Å²) in [6.45, 7) is 2.74. The number of nitrogens with zero attached hydrogens (tertiary/aromatic N) is 2. The van der Waals surface area contributed by atoms with E-state index in [0.29, 0.717) is 41.1 Å². The molecule has 1 aromatic heterocycles. The van der Waals surface area contributed by atoms with E-state index in [2.05, 4.69) is 32.6 Å². The summed E-state index contributed by atoms with van der Waals surface area (Å²) in [4.78, 5) is 19.3. The molecule has 8 heteroatoms. The van der Waals surface area contributed by atoms with Gasteiger partial charge >= 0.3 is 0 Å². The SMILES string of the molecule is CCOc1cc(-c2nc(SC)[nH]c(=O)c2C#N)cc(I)c1OCc1ccccc1. The van der Waals surface area contributed by atoms with E-state index in [-0.39, 0.29) is 5.56 Å². The molecule has 0 aliphatic rings. The van der Waals surface area contributed by atoms with Gasteiger partial charge in [0.05, 0.1) is 15.9 Å². The van der Waals surface area contributed by atoms with Crippen molar-refractivity contribution in [2.75, 3.05) is 12.9 Å². The fraction of sp³-hybridized carbons (Fsp3) is 0.190. The smallest absolute Gasteiger partial charge is 0.270 e. The second kappa shape index (κ2) is 9.80. The Bertz CT molecular complexity index is 1110. The van der Waals surface area contributed by atoms with E-state index in [0.717, 1.165) is 9.13 Å². The lowest BCUT2D eigenvalue weighted by atomic mass is 10.1. The molecule has 0 atom stereocenters. The molecule has 1 heterocycles. The minimum atomic E-state index is -0.459. The number of hydrogen-bond donors (Lipinski definition) is 1. The van der Waals surface area contributed by atoms with Crippen molar-refractivity contribution in [3.63, 3.8) is 0 Å². The van der Waals surface area contributed by atoms with Crippen molar-refractivity contribution in [2.24, 2.45) is 0 Å². The molecule has 3 aromatic rings. The first-order valence-electron chi connectivity index (χ1n) is 8.79. The van der Waals surface area contributed by atoms with Gasteiger partial charge in [0.2, 0.25) is 0 Å². The van der Waals surface area contributed by atoms with Gasteiger partial charge in [0.1, 0.15) is 18.2 Å². The molecule has 2 aromatic carbocycles. The van der Waals surface area contributed by atoms with Gasteiger partial charge in [0.15, 0.2) is 16.7 Å². The van der Waals surface area contributed by atoms with Gasteiger partial charge < -0.3 is 14.5 Å². The molecule has 6 nitrogen and oxygen atoms in total. The molecule has 0 aliphatic heterocycles. The molecular weight excluding hydrogens is 501 g/mol. The molecule has 1 N–H and O–H groups in total. The number of aromatic amines is 1. The van der Waals surface area contributed by atoms with Crippen LogP contribution in [0.4, 0.5) is 0 Å². The van der Waals surface area contributed by atoms with Crippen LogP contribution in [0.3, 0.4) is 0 Å². The van der Waals surface area contributed by atoms with Gasteiger partial charge in [-0.25, -0.2) is 4.98 Å². The Kier molecular flexibility index (Phi) is 7.17. The van der Waals surface area contributed by atoms with Crippen LogP contribution in [-0.4, -0.2) is 22.8 Å². The van der Waals surface area contributed by atoms with Crippen molar-refractivity contribution in [3.05, 3.63) is 67.5 Å². The number of halogens is 1. The fourth-order valence-corrected chi connectivity index (χ4v) is 3.83. The summed E-state index contributed by atoms with van der Waals surface area (Å²) in [5, 5.41) is 9.90. The number of thioether (sulfide) groups is 1. The molecule has 148 valence electrons. The zero-order chi connectivity index (χ0) is 20.8. The third-order valence-corrected chi connectivity index (χ3v) is 5.39. The van der Waals surface area contributed by atoms with Gasteiger partial charge in [-0.1, -0.05) is 42.1 Å². The Balaban J connectivity index is 2.06. The highest BCUT2D eigenvalue weighted by Gasteiger charge is 2.18. The minimum absolute atomic E-state index is 0.0287. The molecule has 0 saturated heterocycles. The highest BCUT2D eigenvalue weighted by molar-refractivity contribution is 14.1. The Morgan fingerprint density at radius 1 is 1.24 bits per heavy atom. The first kappa shape index (κ1) is 21.2. The van der Waals surface area contributed by atoms with Crippen molar-refractivity contribution in [1.82, 2.24) is 9.97 Å². The number of benzene rings is 2. The molecule has 0 amide bonds. The summed E-state index contributed by atoms with van der Waals surface area (Å²) in [7, 11) is 0. The number of H-pyrrole nitrogens is 1. The van der Waals surface area contributed by atoms with E-state index < -0.39 is 5.56 Å². The lowest BCUT2D eigenvalue weighted by molar-refractivity contribution is 0.267. The Hall–Kier alpha value is -2.51. The number of aromatic nitrogens is 2. The normalized spacial score (nSPS) is 10.4. The lowest BCUT2D eigenvalue weighted by Gasteiger charge is -2.16. The summed E-state index contributed by atoms with van der Waals surface area (Å²) in [5.74, 6) is 1.16. The second-order valence-corrected chi connectivity index (χ2v) is 7.86. The fourth-order valence-electron chi connectivity index (χ4n) is 2.70. The Morgan fingerprint density at radius 2 is 2.00 bits per heavy atom. The summed E-state index contributed by atoms with van der Waals surface area (Å²) >= 11 is 3.47. The van der Waals surface area contributed by atoms with Gasteiger partial charge in [0, 0.05) is 5.56 Å². The largest absolute Gasteiger partial charge is 0.490 e. The molecule has 0 bridgehead atoms. The van der Waals surface area contributed by atoms with Crippen molar-refractivity contribution in [1.29, 1.82) is 5.26 Å². The van der Waals surface area contributed by atoms with E-state index in [1.807, 2.05) is 55.6 Å². The minimum Gasteiger partial charge on any atom is -0.490 e. The molecule has 3 rings (SSSR count). The lowest BCUT2D eigenvalue weighted by Crippen LogP contribution is -2.14. The Labute approximate surface area is 186 Å². The van der Waals surface area contributed by atoms with Crippen LogP contribution in [-0.2, 0) is 6.61 Å². The monoisotopic (exact) mass is 519 g/mol. The van der Waals surface area contributed by atoms with E-state index in [1.165, 1.54) is 11.8 Å². The highest BCUT2D eigenvalue weighted by atomic mass is 127. The average molecular weight is 519 g/mol. The molecule has 0 spiro atoms. The number of rotatable bonds is 7. The van der Waals surface area contributed by atoms with Crippen LogP contribution in [0.5, 0.6) is 11.5 Å². The maximum atomic E-state index is 12.3. The van der Waals surface area contributed by atoms with Crippen molar-refractivity contribution in [2.45, 2.75) is 18.7 Å². The van der Waals surface area contributed by atoms with E-state index in [1.54, 1.807) is 6.07 Å². The predicted molar refractivity (Wildman–Crippen MR) is 121 cm³/mol. The first-order chi connectivity index (χ1) is 14.1. The third-order valence-electron chi connectivity index (χ3n) is 4.01. The highest BCUT2D eigenvalue weighted by Crippen LogP contribution is 2.38. The van der Waals surface area contributed by atoms with Crippen LogP contribution < -0.4 is 15.0 Å². The van der Waals surface area contributed by atoms with Crippen LogP contribution in [0.15, 0.2) is 52.4 Å². The van der Waals surface area contributed by atoms with Gasteiger partial charge in [-0.2, -0.15) is 5.26 Å². The maximum Gasteiger partial charge on any atom is 0.270 e. The van der Waals surface area contributed by atoms with Gasteiger partial charge in [-0.3, -0.25) is 4.79 Å². The molecule has 0 fully saturated rings. The number of nitriles is 1. The predicted octanol–water partition coefficient (Wildman–Crippen LogP) is 4.61. The standard InChI is InChI=1S/C21H18IN3O3S/c1-3-27-17-10-14(18-15(11-23)20(26)25-21(24-18)29-2)9-16(22)19(17)28-12-13-7-5-4-6-8-13/h4-10H,3,12H2,1-2H3,(H,24,25,26). The van der Waals surface area contributed by atoms with E-state index in [4.69, 9.17) is 9.47 Å². The quantitative estimate of drug-likeness (QED) is 0.279. The molecule has 0 unspecified atom stereocenters. The van der Waals surface area contributed by atoms with Crippen molar-refractivity contribution < 1.29 is 9.47 Å². The molecule has 0 aliphatic carbocycles. The zero-order valence-electron chi connectivity index (χ0n) is 15.9. The maximum absolute atomic E-state index is 12.3. The van der Waals surface area contributed by atoms with Crippen LogP contribution in [0.2, 0.25) is 0 Å². The van der Waals surface area contributed by atoms with Crippen LogP contribution in [0.1, 0.15) is 18.1 Å². The van der Waals surface area contributed by atoms with Crippen molar-refractivity contribution >= 4 is 34.4 Å². The van der Waals surface area contributed by atoms with Gasteiger partial charge in [-0.05, 0) is 53.5 Å². The molecule has 29 heavy (non-hydrogen) atoms. The number of nitrogens with one attached hydrogen (secondary N) is 1. The van der Waals surface area contributed by atoms with Gasteiger partial charge in [-0.15, -0.1) is 0 Å². The van der Waals surface area contributed by atoms with Crippen molar-refractivity contribution in [3.8, 4) is 28.8 Å². The topological polar surface area (TPSA) is 88.0 Å². The summed E-state index contributed by atoms with van der Waals surface area (Å²) in [6, 6.07) is 15.4. The molecular formula is C21H18IN3O3S. The van der Waals surface area contributed by atoms with Crippen LogP contribution in [0, 0.1) is 14.9 Å². The summed E-state index contributed by atoms with van der Waals surface area (Å²) in [5.41, 5.74) is 1.51. The Morgan fingerprint density at radius 3 is 2.66 bits per heavy atom. The number of hydrogen-bond acceptors (Lipinski definition) is 6. The first-order valence-corrected chi connectivity index (χ1v) is 11.1. The summed E-state index contributed by atoms with van der Waals surface area (Å²) in [6.07, 6.45) is 1.81. The average Bonchev–Trinajstić information content (AvgIpc) is 2.73. The summed E-state index contributed by atoms with van der Waals surface area (Å²) < 4.78 is 12.6.